The maximum absolute atomic E-state index is 13.2. The monoisotopic (exact) mass is 498 g/mol. The Hall–Kier alpha value is -3.14. The third-order valence-corrected chi connectivity index (χ3v) is 8.06. The smallest absolute Gasteiger partial charge is 0.308 e. The third kappa shape index (κ3) is 4.86. The molecule has 0 amide bonds. The van der Waals surface area contributed by atoms with Crippen molar-refractivity contribution in [3.05, 3.63) is 87.5 Å². The Morgan fingerprint density at radius 2 is 1.71 bits per heavy atom. The molecule has 1 atom stereocenters. The van der Waals surface area contributed by atoms with Gasteiger partial charge in [-0.15, -0.1) is 0 Å². The summed E-state index contributed by atoms with van der Waals surface area (Å²) in [6.07, 6.45) is 0.539. The van der Waals surface area contributed by atoms with E-state index < -0.39 is 16.1 Å². The molecule has 0 fully saturated rings. The largest absolute Gasteiger partial charge is 0.493 e. The van der Waals surface area contributed by atoms with E-state index in [1.54, 1.807) is 42.0 Å². The van der Waals surface area contributed by atoms with Crippen LogP contribution in [0.2, 0.25) is 0 Å². The molecule has 4 aromatic rings. The summed E-state index contributed by atoms with van der Waals surface area (Å²) in [5.41, 5.74) is 2.48. The molecule has 0 saturated heterocycles. The topological polar surface area (TPSA) is 86.6 Å². The lowest BCUT2D eigenvalue weighted by molar-refractivity contribution is 0.354. The number of hydrogen-bond donors (Lipinski definition) is 1. The molecule has 9 heteroatoms. The normalized spacial score (nSPS) is 12.6. The zero-order valence-electron chi connectivity index (χ0n) is 19.1. The number of hydrogen-bond acceptors (Lipinski definition) is 6. The van der Waals surface area contributed by atoms with Crippen LogP contribution in [-0.2, 0) is 16.6 Å². The highest BCUT2D eigenvalue weighted by molar-refractivity contribution is 7.89. The van der Waals surface area contributed by atoms with Crippen LogP contribution in [0, 0.1) is 0 Å². The Kier molecular flexibility index (Phi) is 7.06. The quantitative estimate of drug-likeness (QED) is 0.366. The van der Waals surface area contributed by atoms with Gasteiger partial charge in [-0.1, -0.05) is 54.7 Å². The van der Waals surface area contributed by atoms with Crippen LogP contribution in [0.1, 0.15) is 30.5 Å². The molecule has 1 unspecified atom stereocenters. The van der Waals surface area contributed by atoms with Crippen LogP contribution >= 0.6 is 11.3 Å². The van der Waals surface area contributed by atoms with E-state index in [1.807, 2.05) is 43.3 Å². The summed E-state index contributed by atoms with van der Waals surface area (Å²) in [6, 6.07) is 19.4. The summed E-state index contributed by atoms with van der Waals surface area (Å²) in [4.78, 5) is 12.6. The molecule has 0 bridgehead atoms. The van der Waals surface area contributed by atoms with Crippen LogP contribution in [0.15, 0.2) is 76.4 Å². The molecule has 1 aromatic heterocycles. The summed E-state index contributed by atoms with van der Waals surface area (Å²) >= 11 is 1.04. The Bertz CT molecular complexity index is 1460. The Morgan fingerprint density at radius 3 is 2.38 bits per heavy atom. The van der Waals surface area contributed by atoms with Crippen LogP contribution in [0.5, 0.6) is 11.5 Å². The van der Waals surface area contributed by atoms with E-state index in [4.69, 9.17) is 9.47 Å². The molecule has 178 valence electrons. The van der Waals surface area contributed by atoms with Crippen molar-refractivity contribution in [3.8, 4) is 11.5 Å². The molecular weight excluding hydrogens is 472 g/mol. The fourth-order valence-electron chi connectivity index (χ4n) is 3.84. The lowest BCUT2D eigenvalue weighted by atomic mass is 10.1. The number of fused-ring (bicyclic) bond motifs is 1. The van der Waals surface area contributed by atoms with Gasteiger partial charge < -0.3 is 9.47 Å². The number of thiazole rings is 1. The summed E-state index contributed by atoms with van der Waals surface area (Å²) in [5.74, 6) is 1.10. The molecule has 0 aliphatic carbocycles. The van der Waals surface area contributed by atoms with Gasteiger partial charge in [0.25, 0.3) is 0 Å². The summed E-state index contributed by atoms with van der Waals surface area (Å²) in [6.45, 7) is 2.34. The first-order valence-electron chi connectivity index (χ1n) is 10.8. The van der Waals surface area contributed by atoms with Gasteiger partial charge in [0.15, 0.2) is 11.5 Å². The number of aromatic nitrogens is 1. The molecule has 1 heterocycles. The number of rotatable bonds is 9. The Labute approximate surface area is 202 Å². The molecule has 4 rings (SSSR count). The zero-order valence-corrected chi connectivity index (χ0v) is 20.8. The highest BCUT2D eigenvalue weighted by Crippen LogP contribution is 2.32. The molecule has 3 aromatic carbocycles. The van der Waals surface area contributed by atoms with Crippen molar-refractivity contribution in [3.63, 3.8) is 0 Å². The Balaban J connectivity index is 1.63. The van der Waals surface area contributed by atoms with Gasteiger partial charge >= 0.3 is 4.87 Å². The second-order valence-electron chi connectivity index (χ2n) is 7.77. The zero-order chi connectivity index (χ0) is 24.3. The van der Waals surface area contributed by atoms with Crippen molar-refractivity contribution in [2.24, 2.45) is 0 Å². The standard InChI is InChI=1S/C25H26N2O5S2/c1-4-20(18-10-13-22(31-2)23(14-18)32-3)26-34(29,30)19-11-12-21-24(15-19)33-25(28)27(21)16-17-8-6-5-7-9-17/h5-15,20,26H,4,16H2,1-3H3. The highest BCUT2D eigenvalue weighted by atomic mass is 32.2. The molecule has 0 aliphatic rings. The predicted octanol–water partition coefficient (Wildman–Crippen LogP) is 4.56. The van der Waals surface area contributed by atoms with Crippen LogP contribution in [0.25, 0.3) is 10.2 Å². The van der Waals surface area contributed by atoms with Gasteiger partial charge in [-0.3, -0.25) is 9.36 Å². The molecular formula is C25H26N2O5S2. The lowest BCUT2D eigenvalue weighted by Gasteiger charge is -2.19. The minimum absolute atomic E-state index is 0.118. The van der Waals surface area contributed by atoms with Crippen molar-refractivity contribution >= 4 is 31.6 Å². The van der Waals surface area contributed by atoms with Gasteiger partial charge in [0.2, 0.25) is 10.0 Å². The van der Waals surface area contributed by atoms with E-state index >= 15 is 0 Å². The fraction of sp³-hybridized carbons (Fsp3) is 0.240. The first kappa shape index (κ1) is 24.0. The number of sulfonamides is 1. The van der Waals surface area contributed by atoms with Gasteiger partial charge in [-0.25, -0.2) is 13.1 Å². The summed E-state index contributed by atoms with van der Waals surface area (Å²) in [7, 11) is -0.746. The molecule has 7 nitrogen and oxygen atoms in total. The van der Waals surface area contributed by atoms with Crippen molar-refractivity contribution in [1.29, 1.82) is 0 Å². The van der Waals surface area contributed by atoms with E-state index in [2.05, 4.69) is 4.72 Å². The van der Waals surface area contributed by atoms with Crippen LogP contribution in [-0.4, -0.2) is 27.2 Å². The number of nitrogens with one attached hydrogen (secondary N) is 1. The third-order valence-electron chi connectivity index (χ3n) is 5.65. The second kappa shape index (κ2) is 10.0. The number of methoxy groups -OCH3 is 2. The molecule has 0 aliphatic heterocycles. The second-order valence-corrected chi connectivity index (χ2v) is 10.5. The number of benzene rings is 3. The predicted molar refractivity (Wildman–Crippen MR) is 135 cm³/mol. The van der Waals surface area contributed by atoms with Gasteiger partial charge in [0.1, 0.15) is 0 Å². The average molecular weight is 499 g/mol. The maximum atomic E-state index is 13.2. The van der Waals surface area contributed by atoms with E-state index in [9.17, 15) is 13.2 Å². The van der Waals surface area contributed by atoms with E-state index in [-0.39, 0.29) is 9.77 Å². The first-order chi connectivity index (χ1) is 16.4. The lowest BCUT2D eigenvalue weighted by Crippen LogP contribution is -2.28. The average Bonchev–Trinajstić information content (AvgIpc) is 3.16. The SMILES string of the molecule is CCC(NS(=O)(=O)c1ccc2c(c1)sc(=O)n2Cc1ccccc1)c1ccc(OC)c(OC)c1. The van der Waals surface area contributed by atoms with Crippen molar-refractivity contribution in [2.75, 3.05) is 14.2 Å². The van der Waals surface area contributed by atoms with Crippen molar-refractivity contribution in [2.45, 2.75) is 30.8 Å². The van der Waals surface area contributed by atoms with Crippen LogP contribution in [0.3, 0.4) is 0 Å². The van der Waals surface area contributed by atoms with Crippen LogP contribution < -0.4 is 19.1 Å². The number of nitrogens with zero attached hydrogens (tertiary/aromatic N) is 1. The van der Waals surface area contributed by atoms with Crippen molar-refractivity contribution < 1.29 is 17.9 Å². The maximum Gasteiger partial charge on any atom is 0.308 e. The highest BCUT2D eigenvalue weighted by Gasteiger charge is 2.22. The Morgan fingerprint density at radius 1 is 0.971 bits per heavy atom. The van der Waals surface area contributed by atoms with Gasteiger partial charge in [-0.2, -0.15) is 0 Å². The number of ether oxygens (including phenoxy) is 2. The minimum Gasteiger partial charge on any atom is -0.493 e. The first-order valence-corrected chi connectivity index (χ1v) is 13.1. The molecule has 34 heavy (non-hydrogen) atoms. The molecule has 0 spiro atoms. The summed E-state index contributed by atoms with van der Waals surface area (Å²) in [5, 5.41) is 0. The minimum atomic E-state index is -3.84. The fourth-order valence-corrected chi connectivity index (χ4v) is 6.18. The van der Waals surface area contributed by atoms with Crippen molar-refractivity contribution in [1.82, 2.24) is 9.29 Å². The van der Waals surface area contributed by atoms with Crippen LogP contribution in [0.4, 0.5) is 0 Å². The van der Waals surface area contributed by atoms with Gasteiger partial charge in [0.05, 0.1) is 35.9 Å². The van der Waals surface area contributed by atoms with E-state index in [0.717, 1.165) is 22.5 Å². The molecule has 1 N–H and O–H groups in total. The van der Waals surface area contributed by atoms with Gasteiger partial charge in [-0.05, 0) is 47.9 Å². The van der Waals surface area contributed by atoms with E-state index in [0.29, 0.717) is 34.7 Å². The molecule has 0 saturated carbocycles. The molecule has 0 radical (unpaired) electrons. The summed E-state index contributed by atoms with van der Waals surface area (Å²) < 4.78 is 42.2. The van der Waals surface area contributed by atoms with E-state index in [1.165, 1.54) is 7.11 Å². The van der Waals surface area contributed by atoms with Gasteiger partial charge in [0, 0.05) is 6.04 Å².